The molecule has 3 N–H and O–H groups in total. The molecule has 4 aromatic rings. The molecule has 142 valence electrons. The number of benzene rings is 2. The summed E-state index contributed by atoms with van der Waals surface area (Å²) in [4.78, 5) is 8.74. The van der Waals surface area contributed by atoms with Crippen molar-refractivity contribution in [2.75, 3.05) is 19.0 Å². The first-order valence-electron chi connectivity index (χ1n) is 9.01. The highest BCUT2D eigenvalue weighted by molar-refractivity contribution is 7.09. The lowest BCUT2D eigenvalue weighted by Crippen LogP contribution is -2.31. The molecular weight excluding hydrogens is 370 g/mol. The van der Waals surface area contributed by atoms with E-state index < -0.39 is 0 Å². The van der Waals surface area contributed by atoms with Gasteiger partial charge in [0.2, 0.25) is 5.13 Å². The normalized spacial score (nSPS) is 12.1. The summed E-state index contributed by atoms with van der Waals surface area (Å²) in [5.41, 5.74) is 8.43. The van der Waals surface area contributed by atoms with E-state index in [0.717, 1.165) is 39.5 Å². The van der Waals surface area contributed by atoms with Crippen molar-refractivity contribution in [2.24, 2.45) is 5.73 Å². The summed E-state index contributed by atoms with van der Waals surface area (Å²) in [6.45, 7) is 0.629. The number of nitrogens with zero attached hydrogens (tertiary/aromatic N) is 3. The molecule has 0 aliphatic carbocycles. The van der Waals surface area contributed by atoms with Gasteiger partial charge in [-0.2, -0.15) is 9.36 Å². The van der Waals surface area contributed by atoms with E-state index in [0.29, 0.717) is 6.54 Å². The molecule has 28 heavy (non-hydrogen) atoms. The summed E-state index contributed by atoms with van der Waals surface area (Å²) in [5, 5.41) is 6.30. The van der Waals surface area contributed by atoms with Gasteiger partial charge in [-0.1, -0.05) is 24.3 Å². The lowest BCUT2D eigenvalue weighted by Gasteiger charge is -2.12. The van der Waals surface area contributed by atoms with Crippen LogP contribution in [0.2, 0.25) is 0 Å². The summed E-state index contributed by atoms with van der Waals surface area (Å²) in [6.07, 6.45) is 4.42. The molecule has 2 aromatic heterocycles. The Balaban J connectivity index is 1.37. The molecule has 0 bridgehead atoms. The summed E-state index contributed by atoms with van der Waals surface area (Å²) >= 11 is 1.35. The Morgan fingerprint density at radius 1 is 1.11 bits per heavy atom. The number of anilines is 1. The van der Waals surface area contributed by atoms with Gasteiger partial charge < -0.3 is 15.8 Å². The average molecular weight is 392 g/mol. The SMILES string of the molecule is COc1ccc(C[C@H](N)CNc2nc(-c3ccc4cnccc4c3)ns2)cc1. The van der Waals surface area contributed by atoms with Crippen LogP contribution in [0, 0.1) is 0 Å². The number of nitrogens with one attached hydrogen (secondary N) is 1. The van der Waals surface area contributed by atoms with Crippen LogP contribution in [0.4, 0.5) is 5.13 Å². The summed E-state index contributed by atoms with van der Waals surface area (Å²) < 4.78 is 9.65. The van der Waals surface area contributed by atoms with Gasteiger partial charge in [0, 0.05) is 47.5 Å². The van der Waals surface area contributed by atoms with Crippen molar-refractivity contribution in [3.63, 3.8) is 0 Å². The Labute approximate surface area is 167 Å². The maximum atomic E-state index is 6.26. The maximum absolute atomic E-state index is 6.26. The zero-order valence-corrected chi connectivity index (χ0v) is 16.3. The number of aromatic nitrogens is 3. The molecule has 0 radical (unpaired) electrons. The number of nitrogens with two attached hydrogens (primary N) is 1. The van der Waals surface area contributed by atoms with Gasteiger partial charge in [0.15, 0.2) is 5.82 Å². The Bertz CT molecular complexity index is 1060. The second kappa shape index (κ2) is 8.33. The zero-order chi connectivity index (χ0) is 19.3. The third-order valence-electron chi connectivity index (χ3n) is 4.50. The van der Waals surface area contributed by atoms with Crippen LogP contribution in [-0.4, -0.2) is 34.0 Å². The van der Waals surface area contributed by atoms with Crippen LogP contribution >= 0.6 is 11.5 Å². The minimum atomic E-state index is -0.0195. The van der Waals surface area contributed by atoms with Gasteiger partial charge in [0.1, 0.15) is 5.75 Å². The van der Waals surface area contributed by atoms with Crippen LogP contribution in [0.1, 0.15) is 5.56 Å². The van der Waals surface area contributed by atoms with Crippen LogP contribution in [0.3, 0.4) is 0 Å². The van der Waals surface area contributed by atoms with E-state index in [2.05, 4.69) is 25.7 Å². The highest BCUT2D eigenvalue weighted by atomic mass is 32.1. The van der Waals surface area contributed by atoms with E-state index in [4.69, 9.17) is 10.5 Å². The van der Waals surface area contributed by atoms with Crippen molar-refractivity contribution in [1.82, 2.24) is 14.3 Å². The molecule has 1 atom stereocenters. The first-order valence-corrected chi connectivity index (χ1v) is 9.79. The van der Waals surface area contributed by atoms with Crippen molar-refractivity contribution < 1.29 is 4.74 Å². The van der Waals surface area contributed by atoms with Crippen LogP contribution in [-0.2, 0) is 6.42 Å². The third-order valence-corrected chi connectivity index (χ3v) is 5.17. The van der Waals surface area contributed by atoms with Crippen LogP contribution in [0.5, 0.6) is 5.75 Å². The Kier molecular flexibility index (Phi) is 5.45. The van der Waals surface area contributed by atoms with Crippen molar-refractivity contribution in [2.45, 2.75) is 12.5 Å². The zero-order valence-electron chi connectivity index (χ0n) is 15.5. The number of rotatable bonds is 7. The fourth-order valence-electron chi connectivity index (χ4n) is 2.99. The second-order valence-electron chi connectivity index (χ2n) is 6.55. The fraction of sp³-hybridized carbons (Fsp3) is 0.190. The molecular formula is C21H21N5OS. The van der Waals surface area contributed by atoms with Crippen LogP contribution in [0.15, 0.2) is 60.9 Å². The molecule has 0 saturated heterocycles. The lowest BCUT2D eigenvalue weighted by molar-refractivity contribution is 0.414. The lowest BCUT2D eigenvalue weighted by atomic mass is 10.1. The molecule has 7 heteroatoms. The molecule has 0 unspecified atom stereocenters. The predicted molar refractivity (Wildman–Crippen MR) is 114 cm³/mol. The van der Waals surface area contributed by atoms with Gasteiger partial charge in [-0.25, -0.2) is 0 Å². The molecule has 2 aromatic carbocycles. The van der Waals surface area contributed by atoms with Gasteiger partial charge in [0.25, 0.3) is 0 Å². The molecule has 2 heterocycles. The van der Waals surface area contributed by atoms with E-state index in [9.17, 15) is 0 Å². The van der Waals surface area contributed by atoms with Crippen molar-refractivity contribution >= 4 is 27.4 Å². The fourth-order valence-corrected chi connectivity index (χ4v) is 3.58. The Morgan fingerprint density at radius 2 is 1.96 bits per heavy atom. The summed E-state index contributed by atoms with van der Waals surface area (Å²) in [5.74, 6) is 1.57. The highest BCUT2D eigenvalue weighted by Crippen LogP contribution is 2.24. The average Bonchev–Trinajstić information content (AvgIpc) is 3.21. The van der Waals surface area contributed by atoms with Gasteiger partial charge in [-0.15, -0.1) is 0 Å². The summed E-state index contributed by atoms with van der Waals surface area (Å²) in [7, 11) is 1.66. The number of methoxy groups -OCH3 is 1. The van der Waals surface area contributed by atoms with E-state index in [1.165, 1.54) is 17.1 Å². The number of ether oxygens (including phenoxy) is 1. The standard InChI is InChI=1S/C21H21N5OS/c1-27-19-6-2-14(3-7-19)10-18(22)13-24-21-25-20(26-28-21)16-4-5-17-12-23-9-8-15(17)11-16/h2-9,11-12,18H,10,13,22H2,1H3,(H,24,25,26)/t18-/m0/s1. The van der Waals surface area contributed by atoms with Gasteiger partial charge in [-0.3, -0.25) is 4.98 Å². The molecule has 0 saturated carbocycles. The first-order chi connectivity index (χ1) is 13.7. The first kappa shape index (κ1) is 18.3. The number of hydrogen-bond acceptors (Lipinski definition) is 7. The molecule has 0 aliphatic rings. The van der Waals surface area contributed by atoms with E-state index in [1.54, 1.807) is 13.3 Å². The molecule has 0 spiro atoms. The topological polar surface area (TPSA) is 86.0 Å². The minimum absolute atomic E-state index is 0.0195. The minimum Gasteiger partial charge on any atom is -0.497 e. The van der Waals surface area contributed by atoms with Crippen molar-refractivity contribution in [3.05, 3.63) is 66.5 Å². The third kappa shape index (κ3) is 4.27. The molecule has 0 fully saturated rings. The molecule has 0 aliphatic heterocycles. The van der Waals surface area contributed by atoms with Gasteiger partial charge >= 0.3 is 0 Å². The second-order valence-corrected chi connectivity index (χ2v) is 7.31. The quantitative estimate of drug-likeness (QED) is 0.499. The molecule has 4 rings (SSSR count). The van der Waals surface area contributed by atoms with E-state index >= 15 is 0 Å². The molecule has 6 nitrogen and oxygen atoms in total. The molecule has 0 amide bonds. The Morgan fingerprint density at radius 3 is 2.79 bits per heavy atom. The van der Waals surface area contributed by atoms with Crippen LogP contribution < -0.4 is 15.8 Å². The van der Waals surface area contributed by atoms with Gasteiger partial charge in [-0.05, 0) is 41.6 Å². The van der Waals surface area contributed by atoms with Crippen molar-refractivity contribution in [3.8, 4) is 17.1 Å². The van der Waals surface area contributed by atoms with Crippen LogP contribution in [0.25, 0.3) is 22.2 Å². The van der Waals surface area contributed by atoms with E-state index in [-0.39, 0.29) is 6.04 Å². The predicted octanol–water partition coefficient (Wildman–Crippen LogP) is 3.74. The largest absolute Gasteiger partial charge is 0.497 e. The summed E-state index contributed by atoms with van der Waals surface area (Å²) in [6, 6.07) is 16.1. The monoisotopic (exact) mass is 391 g/mol. The maximum Gasteiger partial charge on any atom is 0.202 e. The van der Waals surface area contributed by atoms with Gasteiger partial charge in [0.05, 0.1) is 7.11 Å². The number of hydrogen-bond donors (Lipinski definition) is 2. The Hall–Kier alpha value is -3.03. The smallest absolute Gasteiger partial charge is 0.202 e. The van der Waals surface area contributed by atoms with E-state index in [1.807, 2.05) is 48.7 Å². The van der Waals surface area contributed by atoms with Crippen molar-refractivity contribution in [1.29, 1.82) is 0 Å². The highest BCUT2D eigenvalue weighted by Gasteiger charge is 2.10. The number of pyridine rings is 1. The number of fused-ring (bicyclic) bond motifs is 1.